The van der Waals surface area contributed by atoms with Gasteiger partial charge in [-0.25, -0.2) is 0 Å². The van der Waals surface area contributed by atoms with Crippen molar-refractivity contribution in [3.8, 4) is 17.2 Å². The largest absolute Gasteiger partial charge is 0.493 e. The molecule has 2 aromatic carbocycles. The zero-order valence-corrected chi connectivity index (χ0v) is 18.2. The second-order valence-electron chi connectivity index (χ2n) is 7.19. The van der Waals surface area contributed by atoms with Gasteiger partial charge in [-0.2, -0.15) is 0 Å². The summed E-state index contributed by atoms with van der Waals surface area (Å²) in [6.07, 6.45) is 0.658. The van der Waals surface area contributed by atoms with Crippen LogP contribution in [-0.4, -0.2) is 39.7 Å². The van der Waals surface area contributed by atoms with Gasteiger partial charge in [0.2, 0.25) is 11.7 Å². The highest BCUT2D eigenvalue weighted by Gasteiger charge is 2.17. The summed E-state index contributed by atoms with van der Waals surface area (Å²) in [5.74, 6) is 1.52. The van der Waals surface area contributed by atoms with Gasteiger partial charge in [-0.3, -0.25) is 9.59 Å². The Hall–Kier alpha value is -3.22. The lowest BCUT2D eigenvalue weighted by atomic mass is 10.1. The van der Waals surface area contributed by atoms with Crippen molar-refractivity contribution in [3.05, 3.63) is 47.5 Å². The molecule has 0 aliphatic heterocycles. The smallest absolute Gasteiger partial charge is 0.253 e. The van der Waals surface area contributed by atoms with E-state index >= 15 is 0 Å². The van der Waals surface area contributed by atoms with Crippen LogP contribution in [0.15, 0.2) is 36.4 Å². The van der Waals surface area contributed by atoms with E-state index in [1.54, 1.807) is 44.6 Å². The zero-order chi connectivity index (χ0) is 22.1. The Bertz CT molecular complexity index is 880. The number of nitrogens with one attached hydrogen (secondary N) is 2. The number of hydrogen-bond donors (Lipinski definition) is 2. The molecule has 0 saturated carbocycles. The summed E-state index contributed by atoms with van der Waals surface area (Å²) in [6, 6.07) is 10.6. The maximum absolute atomic E-state index is 12.6. The van der Waals surface area contributed by atoms with Crippen LogP contribution in [0.2, 0.25) is 0 Å². The summed E-state index contributed by atoms with van der Waals surface area (Å²) in [5.41, 5.74) is 1.76. The van der Waals surface area contributed by atoms with Crippen LogP contribution in [-0.2, 0) is 11.2 Å². The Kier molecular flexibility index (Phi) is 8.53. The summed E-state index contributed by atoms with van der Waals surface area (Å²) >= 11 is 0. The van der Waals surface area contributed by atoms with Crippen LogP contribution in [0, 0.1) is 5.92 Å². The maximum atomic E-state index is 12.6. The van der Waals surface area contributed by atoms with Crippen molar-refractivity contribution in [2.24, 2.45) is 5.92 Å². The van der Waals surface area contributed by atoms with Crippen LogP contribution in [0.4, 0.5) is 5.69 Å². The fourth-order valence-electron chi connectivity index (χ4n) is 3.00. The summed E-state index contributed by atoms with van der Waals surface area (Å²) in [6.45, 7) is 4.62. The van der Waals surface area contributed by atoms with E-state index in [9.17, 15) is 9.59 Å². The summed E-state index contributed by atoms with van der Waals surface area (Å²) in [4.78, 5) is 25.0. The number of aryl methyl sites for hydroxylation is 1. The summed E-state index contributed by atoms with van der Waals surface area (Å²) in [7, 11) is 4.64. The second kappa shape index (κ2) is 11.1. The molecule has 162 valence electrons. The van der Waals surface area contributed by atoms with Gasteiger partial charge in [0.15, 0.2) is 11.5 Å². The lowest BCUT2D eigenvalue weighted by molar-refractivity contribution is -0.116. The first-order chi connectivity index (χ1) is 14.4. The Morgan fingerprint density at radius 3 is 2.27 bits per heavy atom. The molecule has 7 heteroatoms. The van der Waals surface area contributed by atoms with Gasteiger partial charge in [0, 0.05) is 13.0 Å². The normalized spacial score (nSPS) is 10.5. The molecule has 2 rings (SSSR count). The van der Waals surface area contributed by atoms with Crippen molar-refractivity contribution in [2.45, 2.75) is 26.7 Å². The van der Waals surface area contributed by atoms with E-state index in [0.29, 0.717) is 47.4 Å². The number of rotatable bonds is 10. The average Bonchev–Trinajstić information content (AvgIpc) is 2.75. The van der Waals surface area contributed by atoms with Gasteiger partial charge < -0.3 is 24.8 Å². The van der Waals surface area contributed by atoms with Crippen LogP contribution in [0.25, 0.3) is 0 Å². The Labute approximate surface area is 177 Å². The fourth-order valence-corrected chi connectivity index (χ4v) is 3.00. The third-order valence-corrected chi connectivity index (χ3v) is 4.52. The standard InChI is InChI=1S/C23H30N2O5/c1-15(2)14-24-23(27)17-8-6-7-9-18(17)25-20(26)13-11-16-10-12-19(28-3)22(30-5)21(16)29-4/h6-10,12,15H,11,13-14H2,1-5H3,(H,24,27)(H,25,26). The molecule has 0 atom stereocenters. The van der Waals surface area contributed by atoms with Crippen LogP contribution < -0.4 is 24.8 Å². The lowest BCUT2D eigenvalue weighted by Gasteiger charge is -2.16. The average molecular weight is 415 g/mol. The molecule has 0 radical (unpaired) electrons. The third-order valence-electron chi connectivity index (χ3n) is 4.52. The van der Waals surface area contributed by atoms with Crippen molar-refractivity contribution in [1.82, 2.24) is 5.32 Å². The van der Waals surface area contributed by atoms with E-state index in [1.807, 2.05) is 19.9 Å². The van der Waals surface area contributed by atoms with E-state index in [2.05, 4.69) is 10.6 Å². The highest BCUT2D eigenvalue weighted by atomic mass is 16.5. The van der Waals surface area contributed by atoms with E-state index in [4.69, 9.17) is 14.2 Å². The minimum atomic E-state index is -0.207. The Morgan fingerprint density at radius 1 is 0.933 bits per heavy atom. The molecule has 0 spiro atoms. The monoisotopic (exact) mass is 414 g/mol. The van der Waals surface area contributed by atoms with Gasteiger partial charge in [-0.05, 0) is 36.1 Å². The molecule has 0 heterocycles. The molecular weight excluding hydrogens is 384 g/mol. The van der Waals surface area contributed by atoms with Gasteiger partial charge in [0.25, 0.3) is 5.91 Å². The highest BCUT2D eigenvalue weighted by Crippen LogP contribution is 2.40. The van der Waals surface area contributed by atoms with Crippen LogP contribution >= 0.6 is 0 Å². The molecule has 0 aliphatic carbocycles. The Balaban J connectivity index is 2.08. The number of hydrogen-bond acceptors (Lipinski definition) is 5. The van der Waals surface area contributed by atoms with Gasteiger partial charge in [0.05, 0.1) is 32.6 Å². The van der Waals surface area contributed by atoms with E-state index in [1.165, 1.54) is 7.11 Å². The van der Waals surface area contributed by atoms with E-state index < -0.39 is 0 Å². The topological polar surface area (TPSA) is 85.9 Å². The van der Waals surface area contributed by atoms with Crippen molar-refractivity contribution >= 4 is 17.5 Å². The Morgan fingerprint density at radius 2 is 1.63 bits per heavy atom. The molecule has 30 heavy (non-hydrogen) atoms. The highest BCUT2D eigenvalue weighted by molar-refractivity contribution is 6.03. The number of anilines is 1. The van der Waals surface area contributed by atoms with Crippen molar-refractivity contribution in [3.63, 3.8) is 0 Å². The van der Waals surface area contributed by atoms with Gasteiger partial charge in [-0.1, -0.05) is 32.0 Å². The maximum Gasteiger partial charge on any atom is 0.253 e. The number of carbonyl (C=O) groups excluding carboxylic acids is 2. The van der Waals surface area contributed by atoms with Crippen molar-refractivity contribution < 1.29 is 23.8 Å². The molecule has 2 amide bonds. The predicted molar refractivity (Wildman–Crippen MR) is 117 cm³/mol. The van der Waals surface area contributed by atoms with Crippen LogP contribution in [0.3, 0.4) is 0 Å². The summed E-state index contributed by atoms with van der Waals surface area (Å²) < 4.78 is 16.1. The fraction of sp³-hybridized carbons (Fsp3) is 0.391. The number of amides is 2. The molecule has 0 fully saturated rings. The zero-order valence-electron chi connectivity index (χ0n) is 18.2. The molecule has 0 aliphatic rings. The van der Waals surface area contributed by atoms with E-state index in [0.717, 1.165) is 5.56 Å². The minimum absolute atomic E-state index is 0.198. The molecule has 2 N–H and O–H groups in total. The number of ether oxygens (including phenoxy) is 3. The molecule has 0 bridgehead atoms. The van der Waals surface area contributed by atoms with Gasteiger partial charge >= 0.3 is 0 Å². The number of methoxy groups -OCH3 is 3. The molecular formula is C23H30N2O5. The van der Waals surface area contributed by atoms with Crippen molar-refractivity contribution in [2.75, 3.05) is 33.2 Å². The first-order valence-electron chi connectivity index (χ1n) is 9.86. The van der Waals surface area contributed by atoms with Gasteiger partial charge in [0.1, 0.15) is 0 Å². The third kappa shape index (κ3) is 5.89. The van der Waals surface area contributed by atoms with Gasteiger partial charge in [-0.15, -0.1) is 0 Å². The summed E-state index contributed by atoms with van der Waals surface area (Å²) in [5, 5.41) is 5.72. The second-order valence-corrected chi connectivity index (χ2v) is 7.19. The number of para-hydroxylation sites is 1. The van der Waals surface area contributed by atoms with E-state index in [-0.39, 0.29) is 18.2 Å². The predicted octanol–water partition coefficient (Wildman–Crippen LogP) is 3.67. The number of benzene rings is 2. The minimum Gasteiger partial charge on any atom is -0.493 e. The van der Waals surface area contributed by atoms with Crippen LogP contribution in [0.5, 0.6) is 17.2 Å². The molecule has 7 nitrogen and oxygen atoms in total. The SMILES string of the molecule is COc1ccc(CCC(=O)Nc2ccccc2C(=O)NCC(C)C)c(OC)c1OC. The quantitative estimate of drug-likeness (QED) is 0.620. The molecule has 0 saturated heterocycles. The lowest BCUT2D eigenvalue weighted by Crippen LogP contribution is -2.28. The van der Waals surface area contributed by atoms with Crippen molar-refractivity contribution in [1.29, 1.82) is 0 Å². The first-order valence-corrected chi connectivity index (χ1v) is 9.86. The first kappa shape index (κ1) is 23.1. The molecule has 0 aromatic heterocycles. The number of carbonyl (C=O) groups is 2. The molecule has 0 unspecified atom stereocenters. The molecule has 2 aromatic rings. The van der Waals surface area contributed by atoms with Crippen LogP contribution in [0.1, 0.15) is 36.2 Å².